The molecule has 0 bridgehead atoms. The van der Waals surface area contributed by atoms with Crippen LogP contribution in [0.3, 0.4) is 0 Å². The molecule has 3 saturated carbocycles. The Kier molecular flexibility index (Phi) is 1.91. The Labute approximate surface area is 94.8 Å². The molecule has 0 heterocycles. The van der Waals surface area contributed by atoms with E-state index in [1.54, 1.807) is 6.42 Å². The molecule has 0 nitrogen and oxygen atoms in total. The van der Waals surface area contributed by atoms with E-state index in [4.69, 9.17) is 0 Å². The van der Waals surface area contributed by atoms with Crippen molar-refractivity contribution in [2.75, 3.05) is 0 Å². The SMILES string of the molecule is CC1CCC2CC3CC(C)(C)CC3C12C. The van der Waals surface area contributed by atoms with E-state index >= 15 is 0 Å². The summed E-state index contributed by atoms with van der Waals surface area (Å²) in [6, 6.07) is 0. The first-order valence-corrected chi connectivity index (χ1v) is 6.93. The van der Waals surface area contributed by atoms with Crippen molar-refractivity contribution in [3.63, 3.8) is 0 Å². The molecule has 0 amide bonds. The smallest absolute Gasteiger partial charge is 0.0241 e. The van der Waals surface area contributed by atoms with Crippen LogP contribution in [-0.4, -0.2) is 0 Å². The molecule has 3 aliphatic carbocycles. The van der Waals surface area contributed by atoms with Crippen molar-refractivity contribution in [1.29, 1.82) is 0 Å². The van der Waals surface area contributed by atoms with E-state index in [0.717, 1.165) is 29.1 Å². The van der Waals surface area contributed by atoms with Gasteiger partial charge >= 0.3 is 0 Å². The standard InChI is InChI=1S/C15H26/c1-10-5-6-12-7-11-8-14(2,3)9-13(11)15(10,12)4/h10-13H,5-9H2,1-4H3. The van der Waals surface area contributed by atoms with Gasteiger partial charge in [-0.3, -0.25) is 0 Å². The molecule has 0 aliphatic heterocycles. The highest BCUT2D eigenvalue weighted by molar-refractivity contribution is 5.09. The van der Waals surface area contributed by atoms with Crippen LogP contribution in [0.15, 0.2) is 0 Å². The molecule has 0 heteroatoms. The Balaban J connectivity index is 1.92. The van der Waals surface area contributed by atoms with Crippen molar-refractivity contribution >= 4 is 0 Å². The van der Waals surface area contributed by atoms with Crippen molar-refractivity contribution in [3.05, 3.63) is 0 Å². The molecule has 3 aliphatic rings. The van der Waals surface area contributed by atoms with Crippen LogP contribution in [0.1, 0.15) is 59.8 Å². The Morgan fingerprint density at radius 3 is 2.47 bits per heavy atom. The van der Waals surface area contributed by atoms with Gasteiger partial charge in [0, 0.05) is 0 Å². The maximum Gasteiger partial charge on any atom is -0.0241 e. The van der Waals surface area contributed by atoms with Crippen molar-refractivity contribution < 1.29 is 0 Å². The molecule has 0 aromatic rings. The summed E-state index contributed by atoms with van der Waals surface area (Å²) >= 11 is 0. The lowest BCUT2D eigenvalue weighted by atomic mass is 9.68. The first kappa shape index (κ1) is 10.2. The summed E-state index contributed by atoms with van der Waals surface area (Å²) in [5, 5.41) is 0. The fourth-order valence-corrected chi connectivity index (χ4v) is 5.55. The molecular formula is C15H26. The number of fused-ring (bicyclic) bond motifs is 3. The molecule has 15 heavy (non-hydrogen) atoms. The van der Waals surface area contributed by atoms with Crippen LogP contribution in [-0.2, 0) is 0 Å². The molecule has 0 aromatic carbocycles. The topological polar surface area (TPSA) is 0 Å². The van der Waals surface area contributed by atoms with Gasteiger partial charge in [-0.1, -0.05) is 27.7 Å². The van der Waals surface area contributed by atoms with E-state index in [0.29, 0.717) is 5.41 Å². The van der Waals surface area contributed by atoms with Gasteiger partial charge in [-0.25, -0.2) is 0 Å². The fourth-order valence-electron chi connectivity index (χ4n) is 5.55. The van der Waals surface area contributed by atoms with Crippen LogP contribution in [0, 0.1) is 34.5 Å². The van der Waals surface area contributed by atoms with Crippen LogP contribution in [0.25, 0.3) is 0 Å². The number of hydrogen-bond acceptors (Lipinski definition) is 0. The van der Waals surface area contributed by atoms with Gasteiger partial charge in [-0.05, 0) is 66.6 Å². The maximum atomic E-state index is 2.63. The van der Waals surface area contributed by atoms with Gasteiger partial charge < -0.3 is 0 Å². The third kappa shape index (κ3) is 1.20. The summed E-state index contributed by atoms with van der Waals surface area (Å²) in [6.45, 7) is 10.1. The molecule has 5 unspecified atom stereocenters. The van der Waals surface area contributed by atoms with Crippen LogP contribution in [0.2, 0.25) is 0 Å². The molecule has 0 radical (unpaired) electrons. The molecule has 0 aromatic heterocycles. The van der Waals surface area contributed by atoms with E-state index in [9.17, 15) is 0 Å². The fraction of sp³-hybridized carbons (Fsp3) is 1.00. The predicted octanol–water partition coefficient (Wildman–Crippen LogP) is 4.49. The van der Waals surface area contributed by atoms with Gasteiger partial charge in [-0.2, -0.15) is 0 Å². The quantitative estimate of drug-likeness (QED) is 0.547. The van der Waals surface area contributed by atoms with Gasteiger partial charge in [0.25, 0.3) is 0 Å². The summed E-state index contributed by atoms with van der Waals surface area (Å²) in [6.07, 6.45) is 7.62. The van der Waals surface area contributed by atoms with Crippen molar-refractivity contribution in [1.82, 2.24) is 0 Å². The second-order valence-electron chi connectivity index (χ2n) is 7.72. The van der Waals surface area contributed by atoms with E-state index in [2.05, 4.69) is 27.7 Å². The highest BCUT2D eigenvalue weighted by atomic mass is 14.7. The van der Waals surface area contributed by atoms with Gasteiger partial charge in [0.05, 0.1) is 0 Å². The minimum absolute atomic E-state index is 0.644. The summed E-state index contributed by atoms with van der Waals surface area (Å²) in [5.41, 5.74) is 1.37. The average molecular weight is 206 g/mol. The van der Waals surface area contributed by atoms with E-state index in [-0.39, 0.29) is 0 Å². The van der Waals surface area contributed by atoms with Crippen LogP contribution >= 0.6 is 0 Å². The zero-order valence-electron chi connectivity index (χ0n) is 10.8. The Hall–Kier alpha value is 0. The lowest BCUT2D eigenvalue weighted by Crippen LogP contribution is -2.31. The van der Waals surface area contributed by atoms with E-state index in [1.807, 2.05) is 0 Å². The largest absolute Gasteiger partial charge is 0.0620 e. The van der Waals surface area contributed by atoms with Crippen LogP contribution in [0.5, 0.6) is 0 Å². The third-order valence-corrected chi connectivity index (χ3v) is 6.43. The molecule has 5 atom stereocenters. The maximum absolute atomic E-state index is 2.63. The van der Waals surface area contributed by atoms with Crippen molar-refractivity contribution in [2.45, 2.75) is 59.8 Å². The molecule has 3 fully saturated rings. The number of rotatable bonds is 0. The minimum Gasteiger partial charge on any atom is -0.0620 e. The number of hydrogen-bond donors (Lipinski definition) is 0. The van der Waals surface area contributed by atoms with Crippen molar-refractivity contribution in [2.24, 2.45) is 34.5 Å². The predicted molar refractivity (Wildman–Crippen MR) is 64.6 cm³/mol. The lowest BCUT2D eigenvalue weighted by molar-refractivity contribution is 0.113. The lowest BCUT2D eigenvalue weighted by Gasteiger charge is -2.37. The highest BCUT2D eigenvalue weighted by Gasteiger charge is 2.60. The molecule has 0 saturated heterocycles. The molecule has 0 spiro atoms. The first-order chi connectivity index (χ1) is 6.93. The third-order valence-electron chi connectivity index (χ3n) is 6.43. The molecular weight excluding hydrogens is 180 g/mol. The zero-order valence-corrected chi connectivity index (χ0v) is 10.8. The van der Waals surface area contributed by atoms with Gasteiger partial charge in [-0.15, -0.1) is 0 Å². The average Bonchev–Trinajstić information content (AvgIpc) is 2.65. The van der Waals surface area contributed by atoms with Gasteiger partial charge in [0.2, 0.25) is 0 Å². The van der Waals surface area contributed by atoms with E-state index in [1.165, 1.54) is 25.7 Å². The second kappa shape index (κ2) is 2.81. The summed E-state index contributed by atoms with van der Waals surface area (Å²) in [7, 11) is 0. The summed E-state index contributed by atoms with van der Waals surface area (Å²) in [4.78, 5) is 0. The summed E-state index contributed by atoms with van der Waals surface area (Å²) in [5.74, 6) is 4.22. The molecule has 86 valence electrons. The highest BCUT2D eigenvalue weighted by Crippen LogP contribution is 2.68. The van der Waals surface area contributed by atoms with Crippen LogP contribution in [0.4, 0.5) is 0 Å². The molecule has 0 N–H and O–H groups in total. The van der Waals surface area contributed by atoms with Crippen LogP contribution < -0.4 is 0 Å². The van der Waals surface area contributed by atoms with Gasteiger partial charge in [0.1, 0.15) is 0 Å². The Bertz CT molecular complexity index is 278. The monoisotopic (exact) mass is 206 g/mol. The second-order valence-corrected chi connectivity index (χ2v) is 7.72. The molecule has 3 rings (SSSR count). The normalized spacial score (nSPS) is 56.8. The summed E-state index contributed by atoms with van der Waals surface area (Å²) < 4.78 is 0. The zero-order chi connectivity index (χ0) is 10.8. The Morgan fingerprint density at radius 2 is 1.73 bits per heavy atom. The van der Waals surface area contributed by atoms with Gasteiger partial charge in [0.15, 0.2) is 0 Å². The first-order valence-electron chi connectivity index (χ1n) is 6.93. The van der Waals surface area contributed by atoms with E-state index < -0.39 is 0 Å². The Morgan fingerprint density at radius 1 is 1.00 bits per heavy atom. The van der Waals surface area contributed by atoms with Crippen molar-refractivity contribution in [3.8, 4) is 0 Å². The minimum atomic E-state index is 0.644.